The van der Waals surface area contributed by atoms with Crippen LogP contribution in [0.3, 0.4) is 0 Å². The van der Waals surface area contributed by atoms with Gasteiger partial charge >= 0.3 is 0 Å². The quantitative estimate of drug-likeness (QED) is 0.149. The summed E-state index contributed by atoms with van der Waals surface area (Å²) >= 11 is 1.95. The zero-order valence-corrected chi connectivity index (χ0v) is 29.9. The number of hydrogen-bond donors (Lipinski definition) is 0. The molecule has 248 valence electrons. The fourth-order valence-corrected chi connectivity index (χ4v) is 13.1. The number of nitrogens with zero attached hydrogens (tertiary/aromatic N) is 3. The van der Waals surface area contributed by atoms with Crippen LogP contribution in [-0.2, 0) is 0 Å². The summed E-state index contributed by atoms with van der Waals surface area (Å²) in [4.78, 5) is 2.53. The average molecular weight is 711 g/mol. The number of anilines is 3. The Morgan fingerprint density at radius 1 is 0.455 bits per heavy atom. The smallest absolute Gasteiger partial charge is 0.252 e. The third kappa shape index (κ3) is 2.74. The molecule has 8 heterocycles. The molecule has 55 heavy (non-hydrogen) atoms. The molecular weight excluding hydrogens is 688 g/mol. The highest BCUT2D eigenvalue weighted by molar-refractivity contribution is 7.27. The highest BCUT2D eigenvalue weighted by Crippen LogP contribution is 2.53. The largest absolute Gasteiger partial charge is 0.453 e. The lowest BCUT2D eigenvalue weighted by molar-refractivity contribution is 0.477. The van der Waals surface area contributed by atoms with Gasteiger partial charge in [0.05, 0.1) is 22.4 Å². The molecule has 0 saturated heterocycles. The Morgan fingerprint density at radius 2 is 1.15 bits per heavy atom. The Morgan fingerprint density at radius 3 is 2.07 bits per heavy atom. The lowest BCUT2D eigenvalue weighted by atomic mass is 9.29. The van der Waals surface area contributed by atoms with E-state index in [9.17, 15) is 0 Å². The summed E-state index contributed by atoms with van der Waals surface area (Å²) < 4.78 is 14.8. The molecule has 0 unspecified atom stereocenters. The van der Waals surface area contributed by atoms with Crippen molar-refractivity contribution >= 4 is 138 Å². The molecule has 0 fully saturated rings. The molecule has 16 rings (SSSR count). The maximum Gasteiger partial charge on any atom is 0.252 e. The van der Waals surface area contributed by atoms with Gasteiger partial charge in [-0.3, -0.25) is 0 Å². The molecule has 0 atom stereocenters. The molecule has 11 aromatic rings. The molecule has 5 aliphatic heterocycles. The number of hydrogen-bond acceptors (Lipinski definition) is 3. The van der Waals surface area contributed by atoms with Crippen molar-refractivity contribution in [1.82, 2.24) is 9.13 Å². The second-order valence-corrected chi connectivity index (χ2v) is 16.9. The Labute approximate surface area is 318 Å². The molecule has 7 heteroatoms. The van der Waals surface area contributed by atoms with Crippen molar-refractivity contribution in [2.24, 2.45) is 0 Å². The summed E-state index contributed by atoms with van der Waals surface area (Å²) in [5, 5.41) is 8.07. The van der Waals surface area contributed by atoms with Crippen molar-refractivity contribution in [2.45, 2.75) is 0 Å². The molecule has 0 bridgehead atoms. The third-order valence-electron chi connectivity index (χ3n) is 13.6. The first-order chi connectivity index (χ1) is 27.3. The van der Waals surface area contributed by atoms with Gasteiger partial charge in [-0.25, -0.2) is 0 Å². The van der Waals surface area contributed by atoms with Crippen LogP contribution in [0, 0.1) is 0 Å². The number of aromatic nitrogens is 2. The van der Waals surface area contributed by atoms with E-state index in [2.05, 4.69) is 154 Å². The van der Waals surface area contributed by atoms with E-state index >= 15 is 0 Å². The van der Waals surface area contributed by atoms with Gasteiger partial charge in [-0.1, -0.05) is 103 Å². The topological polar surface area (TPSA) is 22.3 Å². The predicted octanol–water partition coefficient (Wildman–Crippen LogP) is 8.11. The molecule has 0 amide bonds. The minimum absolute atomic E-state index is 0.0264. The SMILES string of the molecule is c1ccc2c(c1)Oc1cccc3c1N2c1cc2c4c5c1B3c1cc3c6ccccc6sc3c3c6cccc(c6n-5c13)B4c1cccc3c4ccccc4n-2c13. The Balaban J connectivity index is 1.21. The number of benzene rings is 8. The van der Waals surface area contributed by atoms with Gasteiger partial charge in [-0.15, -0.1) is 11.3 Å². The fraction of sp³-hybridized carbons (Fsp3) is 0. The van der Waals surface area contributed by atoms with Crippen molar-refractivity contribution < 1.29 is 4.74 Å². The molecule has 0 spiro atoms. The third-order valence-corrected chi connectivity index (χ3v) is 14.8. The minimum atomic E-state index is 0.0264. The highest BCUT2D eigenvalue weighted by Gasteiger charge is 2.51. The van der Waals surface area contributed by atoms with E-state index in [4.69, 9.17) is 4.74 Å². The number of ether oxygens (including phenoxy) is 1. The first kappa shape index (κ1) is 27.0. The van der Waals surface area contributed by atoms with E-state index in [1.54, 1.807) is 0 Å². The standard InChI is InChI=1S/C48H23B2N3OS/c1-3-17-33-24(10-1)26-12-7-14-29-43(26)51(33)35-23-36-42-47-41(35)49(29)30-15-8-13-27-40-46(53(47)44(27)30)32(22-28-25-11-2-6-21-39(25)55-48(28)40)50(42)31-16-9-20-38-45(31)52(36)34-18-4-5-19-37(34)54-38/h1-23H. The van der Waals surface area contributed by atoms with Gasteiger partial charge in [0, 0.05) is 69.8 Å². The van der Waals surface area contributed by atoms with E-state index in [0.29, 0.717) is 0 Å². The van der Waals surface area contributed by atoms with E-state index in [1.807, 2.05) is 11.3 Å². The normalized spacial score (nSPS) is 14.6. The Hall–Kier alpha value is -6.69. The molecule has 3 aromatic heterocycles. The van der Waals surface area contributed by atoms with Gasteiger partial charge in [0.25, 0.3) is 13.4 Å². The maximum atomic E-state index is 6.79. The van der Waals surface area contributed by atoms with Crippen molar-refractivity contribution in [2.75, 3.05) is 4.90 Å². The van der Waals surface area contributed by atoms with Crippen molar-refractivity contribution in [3.63, 3.8) is 0 Å². The van der Waals surface area contributed by atoms with Gasteiger partial charge in [-0.2, -0.15) is 0 Å². The fourth-order valence-electron chi connectivity index (χ4n) is 11.8. The molecule has 0 radical (unpaired) electrons. The molecule has 0 saturated carbocycles. The van der Waals surface area contributed by atoms with E-state index in [-0.39, 0.29) is 13.4 Å². The second-order valence-electron chi connectivity index (χ2n) is 15.9. The molecule has 4 nitrogen and oxygen atoms in total. The number of rotatable bonds is 0. The Kier molecular flexibility index (Phi) is 4.24. The predicted molar refractivity (Wildman–Crippen MR) is 232 cm³/mol. The van der Waals surface area contributed by atoms with Crippen LogP contribution in [0.1, 0.15) is 0 Å². The maximum absolute atomic E-state index is 6.79. The van der Waals surface area contributed by atoms with Crippen LogP contribution < -0.4 is 42.4 Å². The van der Waals surface area contributed by atoms with E-state index < -0.39 is 0 Å². The summed E-state index contributed by atoms with van der Waals surface area (Å²) in [6.07, 6.45) is 0. The summed E-state index contributed by atoms with van der Waals surface area (Å²) in [7, 11) is 0. The lowest BCUT2D eigenvalue weighted by Gasteiger charge is -2.46. The highest BCUT2D eigenvalue weighted by atomic mass is 32.1. The second kappa shape index (κ2) is 8.65. The van der Waals surface area contributed by atoms with E-state index in [0.717, 1.165) is 22.9 Å². The summed E-state index contributed by atoms with van der Waals surface area (Å²) in [5.74, 6) is 1.80. The summed E-state index contributed by atoms with van der Waals surface area (Å²) in [5.41, 5.74) is 19.8. The van der Waals surface area contributed by atoms with Gasteiger partial charge in [0.15, 0.2) is 11.5 Å². The zero-order chi connectivity index (χ0) is 35.0. The van der Waals surface area contributed by atoms with Crippen molar-refractivity contribution in [1.29, 1.82) is 0 Å². The first-order valence-corrected chi connectivity index (χ1v) is 20.0. The monoisotopic (exact) mass is 711 g/mol. The minimum Gasteiger partial charge on any atom is -0.453 e. The average Bonchev–Trinajstić information content (AvgIpc) is 3.90. The number of thiophene rings is 1. The molecule has 5 aliphatic rings. The van der Waals surface area contributed by atoms with Crippen LogP contribution in [-0.4, -0.2) is 22.6 Å². The van der Waals surface area contributed by atoms with E-state index in [1.165, 1.54) is 114 Å². The summed E-state index contributed by atoms with van der Waals surface area (Å²) in [6.45, 7) is 0.125. The van der Waals surface area contributed by atoms with Crippen molar-refractivity contribution in [3.05, 3.63) is 140 Å². The first-order valence-electron chi connectivity index (χ1n) is 19.2. The lowest BCUT2D eigenvalue weighted by Crippen LogP contribution is -2.67. The molecule has 0 N–H and O–H groups in total. The van der Waals surface area contributed by atoms with Crippen molar-refractivity contribution in [3.8, 4) is 22.9 Å². The van der Waals surface area contributed by atoms with Crippen LogP contribution in [0.2, 0.25) is 0 Å². The molecule has 0 aliphatic carbocycles. The summed E-state index contributed by atoms with van der Waals surface area (Å²) in [6, 6.07) is 52.6. The van der Waals surface area contributed by atoms with Crippen LogP contribution in [0.25, 0.3) is 75.2 Å². The van der Waals surface area contributed by atoms with Gasteiger partial charge < -0.3 is 18.8 Å². The number of para-hydroxylation sites is 6. The van der Waals surface area contributed by atoms with Crippen LogP contribution >= 0.6 is 11.3 Å². The van der Waals surface area contributed by atoms with Crippen LogP contribution in [0.4, 0.5) is 17.1 Å². The molecular formula is C48H23B2N3OS. The zero-order valence-electron chi connectivity index (χ0n) is 29.1. The Bertz CT molecular complexity index is 3740. The molecule has 8 aromatic carbocycles. The van der Waals surface area contributed by atoms with Crippen LogP contribution in [0.15, 0.2) is 140 Å². The van der Waals surface area contributed by atoms with Gasteiger partial charge in [0.2, 0.25) is 0 Å². The van der Waals surface area contributed by atoms with Gasteiger partial charge in [-0.05, 0) is 69.2 Å². The van der Waals surface area contributed by atoms with Gasteiger partial charge in [0.1, 0.15) is 0 Å². The van der Waals surface area contributed by atoms with Crippen LogP contribution in [0.5, 0.6) is 11.5 Å². The number of fused-ring (bicyclic) bond motifs is 16.